The number of nitrogens with zero attached hydrogens (tertiary/aromatic N) is 3. The molecule has 0 aliphatic carbocycles. The Balaban J connectivity index is 0.000000696. The first kappa shape index (κ1) is 32.3. The number of aliphatic carboxylic acids is 2. The minimum Gasteiger partial charge on any atom is -0.473 e. The maximum Gasteiger partial charge on any atom is 0.414 e. The van der Waals surface area contributed by atoms with E-state index < -0.39 is 22.0 Å². The van der Waals surface area contributed by atoms with Crippen LogP contribution < -0.4 is 10.2 Å². The van der Waals surface area contributed by atoms with Crippen molar-refractivity contribution >= 4 is 51.0 Å². The zero-order chi connectivity index (χ0) is 30.2. The van der Waals surface area contributed by atoms with Crippen LogP contribution in [-0.2, 0) is 24.4 Å². The highest BCUT2D eigenvalue weighted by molar-refractivity contribution is 7.99. The van der Waals surface area contributed by atoms with Crippen LogP contribution in [0.25, 0.3) is 0 Å². The van der Waals surface area contributed by atoms with E-state index in [1.807, 2.05) is 18.2 Å². The second-order valence-electron chi connectivity index (χ2n) is 9.73. The maximum atomic E-state index is 12.7. The number of carbonyl (C=O) groups excluding carboxylic acids is 1. The summed E-state index contributed by atoms with van der Waals surface area (Å²) in [6.45, 7) is 3.84. The van der Waals surface area contributed by atoms with Gasteiger partial charge in [0.15, 0.2) is 0 Å². The van der Waals surface area contributed by atoms with E-state index in [-0.39, 0.29) is 18.4 Å². The first-order valence-corrected chi connectivity index (χ1v) is 15.4. The third-order valence-electron chi connectivity index (χ3n) is 6.79. The quantitative estimate of drug-likeness (QED) is 0.307. The number of rotatable bonds is 9. The molecule has 41 heavy (non-hydrogen) atoms. The van der Waals surface area contributed by atoms with Gasteiger partial charge in [-0.3, -0.25) is 4.79 Å². The number of aliphatic hydroxyl groups is 1. The van der Waals surface area contributed by atoms with E-state index in [1.54, 1.807) is 38.0 Å². The molecule has 0 spiro atoms. The van der Waals surface area contributed by atoms with Crippen LogP contribution >= 0.6 is 11.8 Å². The molecule has 1 fully saturated rings. The van der Waals surface area contributed by atoms with Crippen LogP contribution in [0.4, 0.5) is 11.4 Å². The Morgan fingerprint density at radius 3 is 2.22 bits per heavy atom. The Kier molecular flexibility index (Phi) is 11.5. The minimum atomic E-state index is -3.50. The molecule has 0 atom stereocenters. The summed E-state index contributed by atoms with van der Waals surface area (Å²) in [6, 6.07) is 13.6. The third kappa shape index (κ3) is 8.42. The van der Waals surface area contributed by atoms with Gasteiger partial charge in [-0.2, -0.15) is 0 Å². The summed E-state index contributed by atoms with van der Waals surface area (Å²) in [7, 11) is -0.400. The summed E-state index contributed by atoms with van der Waals surface area (Å²) >= 11 is 1.61. The molecule has 0 saturated carbocycles. The molecule has 4 N–H and O–H groups in total. The average Bonchev–Trinajstić information content (AvgIpc) is 2.95. The molecule has 2 aromatic carbocycles. The lowest BCUT2D eigenvalue weighted by Gasteiger charge is -2.35. The highest BCUT2D eigenvalue weighted by Crippen LogP contribution is 2.48. The zero-order valence-corrected chi connectivity index (χ0v) is 24.7. The van der Waals surface area contributed by atoms with Gasteiger partial charge in [0.05, 0.1) is 22.9 Å². The molecule has 0 unspecified atom stereocenters. The van der Waals surface area contributed by atoms with Gasteiger partial charge in [-0.1, -0.05) is 23.9 Å². The lowest BCUT2D eigenvalue weighted by atomic mass is 9.96. The molecule has 224 valence electrons. The molecule has 0 bridgehead atoms. The summed E-state index contributed by atoms with van der Waals surface area (Å²) in [5.74, 6) is -3.57. The van der Waals surface area contributed by atoms with E-state index in [1.165, 1.54) is 4.31 Å². The molecular formula is C27H36N4O8S2. The fourth-order valence-corrected chi connectivity index (χ4v) is 6.76. The fraction of sp³-hybridized carbons (Fsp3) is 0.444. The minimum absolute atomic E-state index is 0.0291. The SMILES string of the molecule is CN(C)S(=O)(=O)c1ccc2c(c1)Sc1ccccc1N2CCCN1CCC(C(=O)NCCO)CC1.O=C(O)C(=O)O. The van der Waals surface area contributed by atoms with Crippen molar-refractivity contribution in [1.82, 2.24) is 14.5 Å². The molecule has 2 heterocycles. The number of benzene rings is 2. The van der Waals surface area contributed by atoms with Gasteiger partial charge in [0, 0.05) is 42.9 Å². The number of sulfonamides is 1. The number of carboxylic acid groups (broad SMARTS) is 2. The first-order chi connectivity index (χ1) is 19.4. The Bertz CT molecular complexity index is 1330. The number of hydrogen-bond acceptors (Lipinski definition) is 9. The normalized spacial score (nSPS) is 15.4. The summed E-state index contributed by atoms with van der Waals surface area (Å²) in [4.78, 5) is 37.4. The topological polar surface area (TPSA) is 168 Å². The van der Waals surface area contributed by atoms with Crippen molar-refractivity contribution in [3.8, 4) is 0 Å². The van der Waals surface area contributed by atoms with Gasteiger partial charge in [0.2, 0.25) is 15.9 Å². The molecule has 1 amide bonds. The van der Waals surface area contributed by atoms with E-state index in [2.05, 4.69) is 27.2 Å². The second kappa shape index (κ2) is 14.6. The first-order valence-electron chi connectivity index (χ1n) is 13.1. The highest BCUT2D eigenvalue weighted by Gasteiger charge is 2.27. The molecule has 0 radical (unpaired) electrons. The van der Waals surface area contributed by atoms with Crippen molar-refractivity contribution in [3.05, 3.63) is 42.5 Å². The molecule has 2 aromatic rings. The van der Waals surface area contributed by atoms with E-state index >= 15 is 0 Å². The number of nitrogens with one attached hydrogen (secondary N) is 1. The van der Waals surface area contributed by atoms with Gasteiger partial charge in [0.1, 0.15) is 0 Å². The molecule has 0 aromatic heterocycles. The number of carbonyl (C=O) groups is 3. The predicted molar refractivity (Wildman–Crippen MR) is 154 cm³/mol. The largest absolute Gasteiger partial charge is 0.473 e. The smallest absolute Gasteiger partial charge is 0.414 e. The summed E-state index contributed by atoms with van der Waals surface area (Å²) < 4.78 is 26.6. The molecule has 2 aliphatic rings. The van der Waals surface area contributed by atoms with Crippen LogP contribution in [0.2, 0.25) is 0 Å². The molecule has 4 rings (SSSR count). The molecular weight excluding hydrogens is 572 g/mol. The van der Waals surface area contributed by atoms with Crippen LogP contribution in [0.5, 0.6) is 0 Å². The van der Waals surface area contributed by atoms with Crippen LogP contribution in [0.1, 0.15) is 19.3 Å². The zero-order valence-electron chi connectivity index (χ0n) is 23.0. The Morgan fingerprint density at radius 2 is 1.61 bits per heavy atom. The van der Waals surface area contributed by atoms with Gasteiger partial charge < -0.3 is 30.4 Å². The standard InChI is InChI=1S/C25H34N4O4S2.C2H2O4/c1-27(2)35(32,33)20-8-9-22-24(18-20)34-23-7-4-3-6-21(23)29(22)14-5-13-28-15-10-19(11-16-28)25(31)26-12-17-30;3-1(4)2(5)6/h3-4,6-9,18-19,30H,5,10-17H2,1-2H3,(H,26,31);(H,3,4)(H,5,6). The molecule has 2 aliphatic heterocycles. The summed E-state index contributed by atoms with van der Waals surface area (Å²) in [6.07, 6.45) is 2.64. The Morgan fingerprint density at radius 1 is 0.976 bits per heavy atom. The number of aliphatic hydroxyl groups excluding tert-OH is 1. The number of likely N-dealkylation sites (tertiary alicyclic amines) is 1. The number of para-hydroxylation sites is 1. The van der Waals surface area contributed by atoms with Gasteiger partial charge in [-0.25, -0.2) is 22.3 Å². The number of anilines is 2. The van der Waals surface area contributed by atoms with Crippen LogP contribution in [-0.4, -0.2) is 104 Å². The summed E-state index contributed by atoms with van der Waals surface area (Å²) in [5, 5.41) is 26.5. The number of piperidine rings is 1. The lowest BCUT2D eigenvalue weighted by molar-refractivity contribution is -0.159. The molecule has 14 heteroatoms. The lowest BCUT2D eigenvalue weighted by Crippen LogP contribution is -2.41. The van der Waals surface area contributed by atoms with Gasteiger partial charge in [-0.15, -0.1) is 0 Å². The van der Waals surface area contributed by atoms with Crippen molar-refractivity contribution in [2.24, 2.45) is 5.92 Å². The van der Waals surface area contributed by atoms with Crippen molar-refractivity contribution in [2.45, 2.75) is 33.9 Å². The van der Waals surface area contributed by atoms with Gasteiger partial charge >= 0.3 is 11.9 Å². The number of hydrogen-bond donors (Lipinski definition) is 4. The number of carboxylic acids is 2. The number of fused-ring (bicyclic) bond motifs is 2. The van der Waals surface area contributed by atoms with Crippen molar-refractivity contribution in [2.75, 3.05) is 58.3 Å². The van der Waals surface area contributed by atoms with Crippen LogP contribution in [0.15, 0.2) is 57.2 Å². The fourth-order valence-electron chi connectivity index (χ4n) is 4.62. The summed E-state index contributed by atoms with van der Waals surface area (Å²) in [5.41, 5.74) is 2.18. The maximum absolute atomic E-state index is 12.7. The van der Waals surface area contributed by atoms with Crippen LogP contribution in [0.3, 0.4) is 0 Å². The number of amides is 1. The van der Waals surface area contributed by atoms with Crippen molar-refractivity contribution < 1.29 is 38.1 Å². The average molecular weight is 609 g/mol. The van der Waals surface area contributed by atoms with Crippen molar-refractivity contribution in [1.29, 1.82) is 0 Å². The highest BCUT2D eigenvalue weighted by atomic mass is 32.2. The Labute approximate surface area is 244 Å². The van der Waals surface area contributed by atoms with E-state index in [0.717, 1.165) is 66.6 Å². The predicted octanol–water partition coefficient (Wildman–Crippen LogP) is 1.91. The van der Waals surface area contributed by atoms with Crippen molar-refractivity contribution in [3.63, 3.8) is 0 Å². The van der Waals surface area contributed by atoms with Crippen LogP contribution in [0, 0.1) is 5.92 Å². The monoisotopic (exact) mass is 608 g/mol. The van der Waals surface area contributed by atoms with Gasteiger partial charge in [0.25, 0.3) is 0 Å². The van der Waals surface area contributed by atoms with E-state index in [0.29, 0.717) is 11.4 Å². The second-order valence-corrected chi connectivity index (χ2v) is 13.0. The Hall–Kier alpha value is -3.17. The molecule has 1 saturated heterocycles. The third-order valence-corrected chi connectivity index (χ3v) is 9.71. The van der Waals surface area contributed by atoms with E-state index in [9.17, 15) is 13.2 Å². The van der Waals surface area contributed by atoms with Gasteiger partial charge in [-0.05, 0) is 69.2 Å². The van der Waals surface area contributed by atoms with E-state index in [4.69, 9.17) is 24.9 Å². The molecule has 12 nitrogen and oxygen atoms in total.